The predicted octanol–water partition coefficient (Wildman–Crippen LogP) is 4.35. The Kier molecular flexibility index (Phi) is 6.18. The van der Waals surface area contributed by atoms with Gasteiger partial charge in [-0.3, -0.25) is 0 Å². The zero-order valence-electron chi connectivity index (χ0n) is 15.1. The molecule has 0 bridgehead atoms. The van der Waals surface area contributed by atoms with E-state index in [1.165, 1.54) is 11.1 Å². The van der Waals surface area contributed by atoms with Crippen LogP contribution in [0.15, 0.2) is 42.5 Å². The maximum absolute atomic E-state index is 5.78. The molecule has 2 aromatic rings. The lowest BCUT2D eigenvalue weighted by Gasteiger charge is -2.12. The van der Waals surface area contributed by atoms with Crippen LogP contribution in [0, 0.1) is 13.8 Å². The molecular formula is C21H27NO3. The first kappa shape index (κ1) is 17.6. The quantitative estimate of drug-likeness (QED) is 0.725. The van der Waals surface area contributed by atoms with Gasteiger partial charge in [-0.1, -0.05) is 6.07 Å². The molecule has 25 heavy (non-hydrogen) atoms. The zero-order chi connectivity index (χ0) is 17.5. The monoisotopic (exact) mass is 341 g/mol. The molecule has 0 aliphatic carbocycles. The highest BCUT2D eigenvalue weighted by Gasteiger charge is 2.15. The first-order valence-electron chi connectivity index (χ1n) is 8.99. The number of aryl methyl sites for hydroxylation is 2. The standard InChI is InChI=1S/C21H27NO3/c1-16-5-8-20(14-17(16)2)24-13-11-22-18-6-9-19(10-7-18)25-15-21-4-3-12-23-21/h5-10,14,21-22H,3-4,11-13,15H2,1-2H3. The summed E-state index contributed by atoms with van der Waals surface area (Å²) in [5.41, 5.74) is 3.60. The lowest BCUT2D eigenvalue weighted by Crippen LogP contribution is -2.16. The van der Waals surface area contributed by atoms with Gasteiger partial charge < -0.3 is 19.5 Å². The molecule has 0 radical (unpaired) electrons. The maximum atomic E-state index is 5.78. The first-order chi connectivity index (χ1) is 12.2. The van der Waals surface area contributed by atoms with Gasteiger partial charge in [-0.25, -0.2) is 0 Å². The van der Waals surface area contributed by atoms with Gasteiger partial charge in [0, 0.05) is 18.8 Å². The Bertz CT molecular complexity index is 663. The number of rotatable bonds is 8. The smallest absolute Gasteiger partial charge is 0.119 e. The van der Waals surface area contributed by atoms with Crippen molar-refractivity contribution in [2.75, 3.05) is 31.7 Å². The van der Waals surface area contributed by atoms with Crippen molar-refractivity contribution in [1.82, 2.24) is 0 Å². The third kappa shape index (κ3) is 5.40. The van der Waals surface area contributed by atoms with Crippen LogP contribution >= 0.6 is 0 Å². The number of hydrogen-bond donors (Lipinski definition) is 1. The van der Waals surface area contributed by atoms with Crippen molar-refractivity contribution in [3.63, 3.8) is 0 Å². The van der Waals surface area contributed by atoms with E-state index in [0.717, 1.165) is 43.2 Å². The van der Waals surface area contributed by atoms with Crippen LogP contribution < -0.4 is 14.8 Å². The molecule has 1 heterocycles. The third-order valence-electron chi connectivity index (χ3n) is 4.49. The second-order valence-electron chi connectivity index (χ2n) is 6.49. The second-order valence-corrected chi connectivity index (χ2v) is 6.49. The molecule has 1 aliphatic heterocycles. The van der Waals surface area contributed by atoms with Gasteiger partial charge in [0.2, 0.25) is 0 Å². The predicted molar refractivity (Wildman–Crippen MR) is 101 cm³/mol. The van der Waals surface area contributed by atoms with Gasteiger partial charge in [0.05, 0.1) is 6.10 Å². The van der Waals surface area contributed by atoms with Crippen LogP contribution in [0.3, 0.4) is 0 Å². The molecule has 0 amide bonds. The number of anilines is 1. The van der Waals surface area contributed by atoms with Gasteiger partial charge in [-0.2, -0.15) is 0 Å². The lowest BCUT2D eigenvalue weighted by atomic mass is 10.1. The van der Waals surface area contributed by atoms with Crippen LogP contribution in [-0.4, -0.2) is 32.5 Å². The Morgan fingerprint density at radius 2 is 1.80 bits per heavy atom. The molecule has 0 spiro atoms. The second kappa shape index (κ2) is 8.77. The average molecular weight is 341 g/mol. The third-order valence-corrected chi connectivity index (χ3v) is 4.49. The summed E-state index contributed by atoms with van der Waals surface area (Å²) in [6.45, 7) is 7.08. The van der Waals surface area contributed by atoms with Crippen molar-refractivity contribution in [2.45, 2.75) is 32.8 Å². The van der Waals surface area contributed by atoms with E-state index in [1.54, 1.807) is 0 Å². The molecule has 2 aromatic carbocycles. The maximum Gasteiger partial charge on any atom is 0.119 e. The normalized spacial score (nSPS) is 16.6. The SMILES string of the molecule is Cc1ccc(OCCNc2ccc(OCC3CCCO3)cc2)cc1C. The Labute approximate surface area is 150 Å². The van der Waals surface area contributed by atoms with Gasteiger partial charge in [-0.15, -0.1) is 0 Å². The van der Waals surface area contributed by atoms with Crippen molar-refractivity contribution >= 4 is 5.69 Å². The molecule has 3 rings (SSSR count). The Hall–Kier alpha value is -2.20. The summed E-state index contributed by atoms with van der Waals surface area (Å²) in [6, 6.07) is 14.2. The fourth-order valence-corrected chi connectivity index (χ4v) is 2.80. The van der Waals surface area contributed by atoms with Gasteiger partial charge in [0.25, 0.3) is 0 Å². The molecule has 0 saturated carbocycles. The highest BCUT2D eigenvalue weighted by molar-refractivity contribution is 5.46. The summed E-state index contributed by atoms with van der Waals surface area (Å²) in [5, 5.41) is 3.36. The van der Waals surface area contributed by atoms with E-state index in [0.29, 0.717) is 13.2 Å². The van der Waals surface area contributed by atoms with E-state index >= 15 is 0 Å². The van der Waals surface area contributed by atoms with E-state index in [-0.39, 0.29) is 6.10 Å². The molecule has 1 aliphatic rings. The van der Waals surface area contributed by atoms with Crippen LogP contribution in [0.25, 0.3) is 0 Å². The van der Waals surface area contributed by atoms with Crippen LogP contribution in [0.2, 0.25) is 0 Å². The molecule has 1 N–H and O–H groups in total. The molecular weight excluding hydrogens is 314 g/mol. The summed E-state index contributed by atoms with van der Waals surface area (Å²) in [5.74, 6) is 1.80. The summed E-state index contributed by atoms with van der Waals surface area (Å²) < 4.78 is 17.1. The summed E-state index contributed by atoms with van der Waals surface area (Å²) in [6.07, 6.45) is 2.49. The molecule has 1 fully saturated rings. The topological polar surface area (TPSA) is 39.7 Å². The van der Waals surface area contributed by atoms with Gasteiger partial charge >= 0.3 is 0 Å². The summed E-state index contributed by atoms with van der Waals surface area (Å²) in [7, 11) is 0. The van der Waals surface area contributed by atoms with Crippen LogP contribution in [0.4, 0.5) is 5.69 Å². The summed E-state index contributed by atoms with van der Waals surface area (Å²) in [4.78, 5) is 0. The molecule has 1 saturated heterocycles. The lowest BCUT2D eigenvalue weighted by molar-refractivity contribution is 0.0679. The van der Waals surface area contributed by atoms with Crippen molar-refractivity contribution < 1.29 is 14.2 Å². The van der Waals surface area contributed by atoms with Crippen molar-refractivity contribution in [1.29, 1.82) is 0 Å². The average Bonchev–Trinajstić information content (AvgIpc) is 3.14. The Morgan fingerprint density at radius 3 is 2.52 bits per heavy atom. The van der Waals surface area contributed by atoms with Crippen molar-refractivity contribution in [3.05, 3.63) is 53.6 Å². The Balaban J connectivity index is 1.37. The number of benzene rings is 2. The van der Waals surface area contributed by atoms with Crippen LogP contribution in [0.1, 0.15) is 24.0 Å². The van der Waals surface area contributed by atoms with E-state index in [1.807, 2.05) is 30.3 Å². The molecule has 134 valence electrons. The van der Waals surface area contributed by atoms with E-state index in [2.05, 4.69) is 31.3 Å². The van der Waals surface area contributed by atoms with E-state index in [9.17, 15) is 0 Å². The zero-order valence-corrected chi connectivity index (χ0v) is 15.1. The molecule has 4 heteroatoms. The van der Waals surface area contributed by atoms with Crippen molar-refractivity contribution in [3.8, 4) is 11.5 Å². The highest BCUT2D eigenvalue weighted by Crippen LogP contribution is 2.19. The van der Waals surface area contributed by atoms with Gasteiger partial charge in [0.15, 0.2) is 0 Å². The number of ether oxygens (including phenoxy) is 3. The van der Waals surface area contributed by atoms with Crippen LogP contribution in [-0.2, 0) is 4.74 Å². The highest BCUT2D eigenvalue weighted by atomic mass is 16.5. The van der Waals surface area contributed by atoms with E-state index < -0.39 is 0 Å². The minimum absolute atomic E-state index is 0.250. The molecule has 0 aromatic heterocycles. The van der Waals surface area contributed by atoms with Crippen molar-refractivity contribution in [2.24, 2.45) is 0 Å². The van der Waals surface area contributed by atoms with Crippen LogP contribution in [0.5, 0.6) is 11.5 Å². The molecule has 1 unspecified atom stereocenters. The molecule has 1 atom stereocenters. The Morgan fingerprint density at radius 1 is 1.00 bits per heavy atom. The minimum atomic E-state index is 0.250. The summed E-state index contributed by atoms with van der Waals surface area (Å²) >= 11 is 0. The van der Waals surface area contributed by atoms with E-state index in [4.69, 9.17) is 14.2 Å². The van der Waals surface area contributed by atoms with Gasteiger partial charge in [0.1, 0.15) is 24.7 Å². The minimum Gasteiger partial charge on any atom is -0.492 e. The first-order valence-corrected chi connectivity index (χ1v) is 8.99. The largest absolute Gasteiger partial charge is 0.492 e. The fraction of sp³-hybridized carbons (Fsp3) is 0.429. The van der Waals surface area contributed by atoms with Gasteiger partial charge in [-0.05, 0) is 74.2 Å². The molecule has 4 nitrogen and oxygen atoms in total. The fourth-order valence-electron chi connectivity index (χ4n) is 2.80. The number of hydrogen-bond acceptors (Lipinski definition) is 4. The number of nitrogens with one attached hydrogen (secondary N) is 1.